The van der Waals surface area contributed by atoms with Crippen LogP contribution in [0.25, 0.3) is 18.2 Å². The van der Waals surface area contributed by atoms with Gasteiger partial charge in [0.15, 0.2) is 5.88 Å². The number of hydrogen-bond acceptors (Lipinski definition) is 5. The Balaban J connectivity index is 1.92. The third kappa shape index (κ3) is 6.67. The summed E-state index contributed by atoms with van der Waals surface area (Å²) < 4.78 is 0. The molecule has 4 rings (SSSR count). The number of thiol groups is 1. The topological polar surface area (TPSA) is 171 Å². The Morgan fingerprint density at radius 3 is 1.98 bits per heavy atom. The van der Waals surface area contributed by atoms with E-state index in [4.69, 9.17) is 0 Å². The van der Waals surface area contributed by atoms with Gasteiger partial charge in [-0.1, -0.05) is 20.8 Å². The number of hydrogen-bond donors (Lipinski definition) is 8. The zero-order valence-corrected chi connectivity index (χ0v) is 26.9. The first-order chi connectivity index (χ1) is 20.7. The number of aromatic hydroxyl groups is 1. The van der Waals surface area contributed by atoms with Crippen LogP contribution >= 0.6 is 12.6 Å². The van der Waals surface area contributed by atoms with Crippen LogP contribution in [0.5, 0.6) is 5.88 Å². The quantitative estimate of drug-likeness (QED) is 0.152. The van der Waals surface area contributed by atoms with Gasteiger partial charge in [-0.05, 0) is 86.1 Å². The van der Waals surface area contributed by atoms with Crippen molar-refractivity contribution in [3.05, 3.63) is 66.9 Å². The number of carboxylic acid groups (broad SMARTS) is 2. The van der Waals surface area contributed by atoms with E-state index >= 15 is 0 Å². The molecule has 1 amide bonds. The maximum Gasteiger partial charge on any atom is 0.303 e. The van der Waals surface area contributed by atoms with Crippen molar-refractivity contribution in [2.75, 3.05) is 0 Å². The summed E-state index contributed by atoms with van der Waals surface area (Å²) in [5.74, 6) is -2.08. The standard InChI is InChI=1S/C33H42N4O6S/c1-7-20-15(2)25(36-33(20)43)12-23-16(3)21(8-10-29(38)39)26(34-23)14-27-22(9-11-30(40)41)17(4)24(35-27)13-28-31(19(6)44)18(5)32(42)37-28/h12-14,18-19,31,34-36,43-44H,7-11H2,1-6H3,(H,37,42)(H,38,39)(H,40,41)/b23-12+,26-14-,28-13-/t18-,19+,31+/m1/s1. The molecule has 3 aromatic rings. The smallest absolute Gasteiger partial charge is 0.303 e. The van der Waals surface area contributed by atoms with Crippen LogP contribution < -0.4 is 16.0 Å². The molecule has 10 nitrogen and oxygen atoms in total. The summed E-state index contributed by atoms with van der Waals surface area (Å²) in [6, 6.07) is 0. The number of aliphatic carboxylic acids is 2. The molecule has 0 unspecified atom stereocenters. The van der Waals surface area contributed by atoms with Crippen molar-refractivity contribution >= 4 is 48.7 Å². The fourth-order valence-corrected chi connectivity index (χ4v) is 6.66. The lowest BCUT2D eigenvalue weighted by molar-refractivity contribution is -0.138. The van der Waals surface area contributed by atoms with E-state index in [0.29, 0.717) is 23.9 Å². The SMILES string of the molecule is CCc1c(O)[nH]c(/C=c2/[nH]/c(=C\c3[nH]c(/C=C4\NC(=O)[C@H](C)[C@H]4[C@H](C)S)c(C)c3CCC(=O)O)c(CCC(=O)O)c2C)c1C. The van der Waals surface area contributed by atoms with Crippen molar-refractivity contribution in [1.29, 1.82) is 0 Å². The Hall–Kier alpha value is -4.12. The number of carbonyl (C=O) groups is 3. The molecule has 1 saturated heterocycles. The molecular formula is C33H42N4O6S. The molecule has 1 fully saturated rings. The van der Waals surface area contributed by atoms with Gasteiger partial charge in [0.2, 0.25) is 5.91 Å². The summed E-state index contributed by atoms with van der Waals surface area (Å²) in [6.07, 6.45) is 6.85. The number of carbonyl (C=O) groups excluding carboxylic acids is 1. The van der Waals surface area contributed by atoms with Gasteiger partial charge in [0.1, 0.15) is 0 Å². The summed E-state index contributed by atoms with van der Waals surface area (Å²) in [4.78, 5) is 45.5. The van der Waals surface area contributed by atoms with E-state index in [-0.39, 0.29) is 48.1 Å². The van der Waals surface area contributed by atoms with E-state index in [1.807, 2.05) is 59.8 Å². The first-order valence-electron chi connectivity index (χ1n) is 14.9. The molecule has 236 valence electrons. The number of carboxylic acids is 2. The average molecular weight is 623 g/mol. The summed E-state index contributed by atoms with van der Waals surface area (Å²) in [7, 11) is 0. The maximum absolute atomic E-state index is 12.5. The molecule has 1 aliphatic rings. The highest BCUT2D eigenvalue weighted by Crippen LogP contribution is 2.34. The van der Waals surface area contributed by atoms with Crippen LogP contribution in [0.4, 0.5) is 0 Å². The molecule has 11 heteroatoms. The van der Waals surface area contributed by atoms with E-state index in [1.54, 1.807) is 0 Å². The van der Waals surface area contributed by atoms with E-state index < -0.39 is 11.9 Å². The van der Waals surface area contributed by atoms with Gasteiger partial charge in [0, 0.05) is 69.0 Å². The second-order valence-electron chi connectivity index (χ2n) is 11.7. The third-order valence-corrected chi connectivity index (χ3v) is 9.13. The number of nitrogens with one attached hydrogen (secondary N) is 4. The Morgan fingerprint density at radius 2 is 1.41 bits per heavy atom. The minimum Gasteiger partial charge on any atom is -0.494 e. The van der Waals surface area contributed by atoms with Crippen molar-refractivity contribution in [3.63, 3.8) is 0 Å². The van der Waals surface area contributed by atoms with Gasteiger partial charge in [-0.15, -0.1) is 0 Å². The van der Waals surface area contributed by atoms with E-state index in [2.05, 4.69) is 32.9 Å². The van der Waals surface area contributed by atoms with E-state index in [0.717, 1.165) is 55.8 Å². The molecule has 0 aliphatic carbocycles. The average Bonchev–Trinajstić information content (AvgIpc) is 3.59. The van der Waals surface area contributed by atoms with Gasteiger partial charge in [0.05, 0.1) is 0 Å². The van der Waals surface area contributed by atoms with E-state index in [9.17, 15) is 29.7 Å². The molecule has 1 aliphatic heterocycles. The summed E-state index contributed by atoms with van der Waals surface area (Å²) in [6.45, 7) is 11.6. The summed E-state index contributed by atoms with van der Waals surface area (Å²) in [5.41, 5.74) is 8.17. The predicted octanol–water partition coefficient (Wildman–Crippen LogP) is 3.60. The monoisotopic (exact) mass is 622 g/mol. The fraction of sp³-hybridized carbons (Fsp3) is 0.424. The molecule has 0 saturated carbocycles. The zero-order chi connectivity index (χ0) is 32.5. The van der Waals surface area contributed by atoms with Crippen LogP contribution in [0.15, 0.2) is 5.70 Å². The molecule has 0 aromatic carbocycles. The highest BCUT2D eigenvalue weighted by atomic mass is 32.1. The Labute approximate surface area is 261 Å². The van der Waals surface area contributed by atoms with Crippen LogP contribution in [-0.2, 0) is 33.6 Å². The normalized spacial score (nSPS) is 19.2. The van der Waals surface area contributed by atoms with Crippen molar-refractivity contribution in [2.24, 2.45) is 11.8 Å². The van der Waals surface area contributed by atoms with Crippen LogP contribution in [0.1, 0.15) is 84.1 Å². The minimum absolute atomic E-state index is 0.0601. The predicted molar refractivity (Wildman–Crippen MR) is 173 cm³/mol. The number of amides is 1. The van der Waals surface area contributed by atoms with Crippen molar-refractivity contribution in [2.45, 2.75) is 78.9 Å². The van der Waals surface area contributed by atoms with Crippen molar-refractivity contribution in [3.8, 4) is 5.88 Å². The molecule has 44 heavy (non-hydrogen) atoms. The Kier molecular flexibility index (Phi) is 9.88. The molecule has 3 atom stereocenters. The maximum atomic E-state index is 12.5. The Bertz CT molecular complexity index is 1760. The van der Waals surface area contributed by atoms with Gasteiger partial charge in [0.25, 0.3) is 0 Å². The summed E-state index contributed by atoms with van der Waals surface area (Å²) in [5, 5.41) is 33.7. The first-order valence-corrected chi connectivity index (χ1v) is 15.4. The highest BCUT2D eigenvalue weighted by Gasteiger charge is 2.37. The lowest BCUT2D eigenvalue weighted by Gasteiger charge is -2.17. The molecule has 0 spiro atoms. The van der Waals surface area contributed by atoms with E-state index in [1.165, 1.54) is 0 Å². The largest absolute Gasteiger partial charge is 0.494 e. The second kappa shape index (κ2) is 13.3. The molecule has 0 radical (unpaired) electrons. The highest BCUT2D eigenvalue weighted by molar-refractivity contribution is 7.80. The molecule has 3 aromatic heterocycles. The van der Waals surface area contributed by atoms with Crippen LogP contribution in [-0.4, -0.2) is 53.4 Å². The van der Waals surface area contributed by atoms with Crippen LogP contribution in [0.2, 0.25) is 0 Å². The minimum atomic E-state index is -0.914. The zero-order valence-electron chi connectivity index (χ0n) is 26.0. The van der Waals surface area contributed by atoms with Crippen molar-refractivity contribution < 1.29 is 29.7 Å². The number of allylic oxidation sites excluding steroid dienone is 1. The lowest BCUT2D eigenvalue weighted by atomic mass is 9.91. The van der Waals surface area contributed by atoms with Gasteiger partial charge in [-0.25, -0.2) is 0 Å². The lowest BCUT2D eigenvalue weighted by Crippen LogP contribution is -2.19. The van der Waals surface area contributed by atoms with Crippen LogP contribution in [0, 0.1) is 32.6 Å². The molecule has 7 N–H and O–H groups in total. The third-order valence-electron chi connectivity index (χ3n) is 8.80. The van der Waals surface area contributed by atoms with Gasteiger partial charge in [-0.2, -0.15) is 12.6 Å². The van der Waals surface area contributed by atoms with Gasteiger partial charge in [-0.3, -0.25) is 14.4 Å². The molecular weight excluding hydrogens is 580 g/mol. The van der Waals surface area contributed by atoms with Crippen molar-refractivity contribution in [1.82, 2.24) is 20.3 Å². The Morgan fingerprint density at radius 1 is 0.841 bits per heavy atom. The second-order valence-corrected chi connectivity index (χ2v) is 12.5. The van der Waals surface area contributed by atoms with Gasteiger partial charge >= 0.3 is 11.9 Å². The number of H-pyrrole nitrogens is 3. The number of rotatable bonds is 11. The van der Waals surface area contributed by atoms with Crippen LogP contribution in [0.3, 0.4) is 0 Å². The number of aromatic nitrogens is 3. The molecule has 4 heterocycles. The fourth-order valence-electron chi connectivity index (χ4n) is 6.24. The number of aromatic amines is 3. The summed E-state index contributed by atoms with van der Waals surface area (Å²) >= 11 is 4.62. The van der Waals surface area contributed by atoms with Gasteiger partial charge < -0.3 is 35.6 Å². The first kappa shape index (κ1) is 32.8. The molecule has 0 bridgehead atoms.